The molecule has 9 nitrogen and oxygen atoms in total. The van der Waals surface area contributed by atoms with Gasteiger partial charge in [0.05, 0.1) is 29.1 Å². The monoisotopic (exact) mass is 418 g/mol. The molecule has 0 aliphatic carbocycles. The fraction of sp³-hybridized carbons (Fsp3) is 0.136. The van der Waals surface area contributed by atoms with E-state index in [1.807, 2.05) is 30.3 Å². The minimum Gasteiger partial charge on any atom is -0.481 e. The van der Waals surface area contributed by atoms with Crippen molar-refractivity contribution in [3.05, 3.63) is 72.5 Å². The Morgan fingerprint density at radius 1 is 0.968 bits per heavy atom. The Kier molecular flexibility index (Phi) is 5.57. The number of aliphatic carboxylic acids is 2. The molecule has 0 amide bonds. The third-order valence-corrected chi connectivity index (χ3v) is 4.70. The fourth-order valence-corrected chi connectivity index (χ4v) is 3.36. The number of hydrogen-bond donors (Lipinski definition) is 2. The summed E-state index contributed by atoms with van der Waals surface area (Å²) < 4.78 is 7.02. The Morgan fingerprint density at radius 3 is 2.42 bits per heavy atom. The average molecular weight is 418 g/mol. The van der Waals surface area contributed by atoms with E-state index in [4.69, 9.17) is 4.52 Å². The van der Waals surface area contributed by atoms with E-state index in [0.29, 0.717) is 28.5 Å². The van der Waals surface area contributed by atoms with Crippen LogP contribution in [0.3, 0.4) is 0 Å². The number of carboxylic acid groups (broad SMARTS) is 2. The first kappa shape index (κ1) is 20.0. The highest BCUT2D eigenvalue weighted by molar-refractivity contribution is 5.77. The van der Waals surface area contributed by atoms with Crippen LogP contribution in [0.25, 0.3) is 28.3 Å². The van der Waals surface area contributed by atoms with Crippen LogP contribution in [-0.4, -0.2) is 41.8 Å². The number of rotatable bonds is 8. The molecule has 9 heteroatoms. The summed E-state index contributed by atoms with van der Waals surface area (Å²) in [5, 5.41) is 22.6. The van der Waals surface area contributed by atoms with Gasteiger partial charge in [0.15, 0.2) is 11.6 Å². The molecule has 0 aliphatic rings. The number of carbonyl (C=O) groups is 2. The highest BCUT2D eigenvalue weighted by Crippen LogP contribution is 2.33. The van der Waals surface area contributed by atoms with Crippen molar-refractivity contribution >= 4 is 11.9 Å². The average Bonchev–Trinajstić information content (AvgIpc) is 3.36. The van der Waals surface area contributed by atoms with E-state index in [2.05, 4.69) is 15.1 Å². The largest absolute Gasteiger partial charge is 0.481 e. The van der Waals surface area contributed by atoms with Gasteiger partial charge < -0.3 is 14.7 Å². The summed E-state index contributed by atoms with van der Waals surface area (Å²) >= 11 is 0. The van der Waals surface area contributed by atoms with Crippen LogP contribution in [0.2, 0.25) is 0 Å². The van der Waals surface area contributed by atoms with Gasteiger partial charge in [0.1, 0.15) is 12.7 Å². The van der Waals surface area contributed by atoms with Crippen LogP contribution in [0, 0.1) is 0 Å². The molecule has 0 unspecified atom stereocenters. The highest BCUT2D eigenvalue weighted by Gasteiger charge is 2.25. The van der Waals surface area contributed by atoms with Crippen molar-refractivity contribution in [3.8, 4) is 28.3 Å². The summed E-state index contributed by atoms with van der Waals surface area (Å²) in [6, 6.07) is 14.6. The predicted octanol–water partition coefficient (Wildman–Crippen LogP) is 3.23. The van der Waals surface area contributed by atoms with E-state index in [9.17, 15) is 19.8 Å². The predicted molar refractivity (Wildman–Crippen MR) is 110 cm³/mol. The smallest absolute Gasteiger partial charge is 0.311 e. The van der Waals surface area contributed by atoms with Crippen molar-refractivity contribution in [1.29, 1.82) is 0 Å². The van der Waals surface area contributed by atoms with Gasteiger partial charge in [-0.3, -0.25) is 19.1 Å². The maximum atomic E-state index is 11.3. The minimum atomic E-state index is -1.07. The Labute approximate surface area is 176 Å². The van der Waals surface area contributed by atoms with Crippen molar-refractivity contribution in [2.75, 3.05) is 0 Å². The van der Waals surface area contributed by atoms with Gasteiger partial charge in [-0.15, -0.1) is 0 Å². The van der Waals surface area contributed by atoms with Crippen molar-refractivity contribution in [2.45, 2.75) is 19.3 Å². The second-order valence-electron chi connectivity index (χ2n) is 6.76. The minimum absolute atomic E-state index is 0.107. The normalized spacial score (nSPS) is 10.8. The molecule has 2 N–H and O–H groups in total. The molecule has 4 rings (SSSR count). The van der Waals surface area contributed by atoms with Crippen LogP contribution in [0.5, 0.6) is 0 Å². The number of benzene rings is 1. The zero-order valence-corrected chi connectivity index (χ0v) is 16.3. The van der Waals surface area contributed by atoms with Crippen LogP contribution in [0.4, 0.5) is 0 Å². The number of pyridine rings is 1. The van der Waals surface area contributed by atoms with Crippen molar-refractivity contribution in [2.24, 2.45) is 0 Å². The Balaban J connectivity index is 1.90. The summed E-state index contributed by atoms with van der Waals surface area (Å²) in [6.45, 7) is 0. The van der Waals surface area contributed by atoms with E-state index in [1.54, 1.807) is 29.0 Å². The third-order valence-electron chi connectivity index (χ3n) is 4.70. The van der Waals surface area contributed by atoms with Gasteiger partial charge in [-0.25, -0.2) is 4.98 Å². The van der Waals surface area contributed by atoms with Gasteiger partial charge in [-0.1, -0.05) is 41.6 Å². The second kappa shape index (κ2) is 8.62. The summed E-state index contributed by atoms with van der Waals surface area (Å²) in [5.41, 5.74) is 3.00. The lowest BCUT2D eigenvalue weighted by atomic mass is 10.1. The molecule has 31 heavy (non-hydrogen) atoms. The van der Waals surface area contributed by atoms with E-state index in [1.165, 1.54) is 6.33 Å². The van der Waals surface area contributed by atoms with Gasteiger partial charge >= 0.3 is 11.9 Å². The van der Waals surface area contributed by atoms with Crippen LogP contribution >= 0.6 is 0 Å². The summed E-state index contributed by atoms with van der Waals surface area (Å²) in [7, 11) is 0. The quantitative estimate of drug-likeness (QED) is 0.446. The molecular weight excluding hydrogens is 400 g/mol. The van der Waals surface area contributed by atoms with Crippen molar-refractivity contribution < 1.29 is 24.3 Å². The summed E-state index contributed by atoms with van der Waals surface area (Å²) in [4.78, 5) is 31.4. The molecule has 0 saturated heterocycles. The summed E-state index contributed by atoms with van der Waals surface area (Å²) in [6.07, 6.45) is 2.84. The van der Waals surface area contributed by atoms with Crippen molar-refractivity contribution in [3.63, 3.8) is 0 Å². The lowest BCUT2D eigenvalue weighted by Gasteiger charge is -2.09. The van der Waals surface area contributed by atoms with E-state index in [0.717, 1.165) is 5.56 Å². The van der Waals surface area contributed by atoms with Gasteiger partial charge in [0, 0.05) is 18.2 Å². The van der Waals surface area contributed by atoms with Gasteiger partial charge in [0.2, 0.25) is 0 Å². The maximum Gasteiger partial charge on any atom is 0.311 e. The molecule has 1 aromatic carbocycles. The highest BCUT2D eigenvalue weighted by atomic mass is 16.5. The number of hydrogen-bond acceptors (Lipinski definition) is 6. The SMILES string of the molecule is O=C(O)CCc1c(-c2ccccc2)ncn1-c1noc(CC(=O)O)c1-c1ccccn1. The molecule has 0 atom stereocenters. The molecule has 0 saturated carbocycles. The molecule has 0 bridgehead atoms. The maximum absolute atomic E-state index is 11.3. The van der Waals surface area contributed by atoms with Gasteiger partial charge in [0.25, 0.3) is 0 Å². The molecule has 3 aromatic heterocycles. The lowest BCUT2D eigenvalue weighted by Crippen LogP contribution is -2.07. The Hall–Kier alpha value is -4.27. The van der Waals surface area contributed by atoms with Gasteiger partial charge in [-0.05, 0) is 12.1 Å². The molecular formula is C22H18N4O5. The first-order chi connectivity index (χ1) is 15.0. The number of imidazole rings is 1. The number of carboxylic acids is 2. The van der Waals surface area contributed by atoms with E-state index < -0.39 is 11.9 Å². The Bertz CT molecular complexity index is 1220. The molecule has 0 spiro atoms. The van der Waals surface area contributed by atoms with Gasteiger partial charge in [-0.2, -0.15) is 0 Å². The Morgan fingerprint density at radius 2 is 1.74 bits per heavy atom. The first-order valence-electron chi connectivity index (χ1n) is 9.50. The topological polar surface area (TPSA) is 131 Å². The molecule has 0 radical (unpaired) electrons. The fourth-order valence-electron chi connectivity index (χ4n) is 3.36. The molecule has 3 heterocycles. The molecule has 0 aliphatic heterocycles. The number of nitrogens with zero attached hydrogens (tertiary/aromatic N) is 4. The van der Waals surface area contributed by atoms with Crippen LogP contribution < -0.4 is 0 Å². The summed E-state index contributed by atoms with van der Waals surface area (Å²) in [5.74, 6) is -1.55. The molecule has 156 valence electrons. The second-order valence-corrected chi connectivity index (χ2v) is 6.76. The third kappa shape index (κ3) is 4.20. The lowest BCUT2D eigenvalue weighted by molar-refractivity contribution is -0.137. The first-order valence-corrected chi connectivity index (χ1v) is 9.50. The van der Waals surface area contributed by atoms with E-state index >= 15 is 0 Å². The van der Waals surface area contributed by atoms with Crippen LogP contribution in [0.1, 0.15) is 17.9 Å². The molecule has 0 fully saturated rings. The number of aromatic nitrogens is 4. The van der Waals surface area contributed by atoms with Crippen LogP contribution in [0.15, 0.2) is 65.6 Å². The van der Waals surface area contributed by atoms with E-state index in [-0.39, 0.29) is 25.0 Å². The zero-order chi connectivity index (χ0) is 21.8. The standard InChI is InChI=1S/C22H18N4O5/c27-18(28)10-9-16-21(14-6-2-1-3-7-14)24-13-26(16)22-20(15-8-4-5-11-23-15)17(31-25-22)12-19(29)30/h1-8,11,13H,9-10,12H2,(H,27,28)(H,29,30). The molecule has 4 aromatic rings. The zero-order valence-electron chi connectivity index (χ0n) is 16.3. The van der Waals surface area contributed by atoms with Crippen molar-refractivity contribution in [1.82, 2.24) is 19.7 Å². The van der Waals surface area contributed by atoms with Crippen LogP contribution in [-0.2, 0) is 22.4 Å².